The normalized spacial score (nSPS) is 37.2. The van der Waals surface area contributed by atoms with Gasteiger partial charge in [-0.15, -0.1) is 0 Å². The van der Waals surface area contributed by atoms with Gasteiger partial charge in [-0.3, -0.25) is 4.21 Å². The minimum atomic E-state index is -0.530. The highest BCUT2D eigenvalue weighted by atomic mass is 32.2. The molecule has 0 unspecified atom stereocenters. The van der Waals surface area contributed by atoms with Crippen LogP contribution in [0.2, 0.25) is 0 Å². The molecular weight excluding hydrogens is 218 g/mol. The van der Waals surface area contributed by atoms with Crippen molar-refractivity contribution in [3.63, 3.8) is 0 Å². The zero-order valence-corrected chi connectivity index (χ0v) is 11.8. The molecule has 0 aromatic rings. The number of nitrogens with one attached hydrogen (secondary N) is 1. The van der Waals surface area contributed by atoms with E-state index >= 15 is 0 Å². The van der Waals surface area contributed by atoms with Crippen LogP contribution in [0.3, 0.4) is 0 Å². The molecule has 94 valence electrons. The fourth-order valence-corrected chi connectivity index (χ4v) is 4.42. The summed E-state index contributed by atoms with van der Waals surface area (Å²) in [7, 11) is -0.530. The van der Waals surface area contributed by atoms with Crippen LogP contribution in [0.25, 0.3) is 0 Å². The molecule has 1 heterocycles. The first kappa shape index (κ1) is 12.6. The van der Waals surface area contributed by atoms with Gasteiger partial charge in [0.05, 0.1) is 0 Å². The summed E-state index contributed by atoms with van der Waals surface area (Å²) in [5.41, 5.74) is 0.967. The van der Waals surface area contributed by atoms with E-state index in [1.54, 1.807) is 0 Å². The van der Waals surface area contributed by atoms with Gasteiger partial charge in [-0.2, -0.15) is 0 Å². The van der Waals surface area contributed by atoms with Crippen LogP contribution in [0.1, 0.15) is 40.5 Å². The van der Waals surface area contributed by atoms with Gasteiger partial charge < -0.3 is 5.32 Å². The Morgan fingerprint density at radius 3 is 2.06 bits per heavy atom. The van der Waals surface area contributed by atoms with E-state index in [0.29, 0.717) is 16.9 Å². The highest BCUT2D eigenvalue weighted by molar-refractivity contribution is 7.85. The van der Waals surface area contributed by atoms with E-state index < -0.39 is 10.8 Å². The van der Waals surface area contributed by atoms with Crippen molar-refractivity contribution in [1.82, 2.24) is 5.32 Å². The molecule has 0 spiro atoms. The van der Waals surface area contributed by atoms with Gasteiger partial charge in [0.1, 0.15) is 0 Å². The zero-order chi connectivity index (χ0) is 12.0. The Morgan fingerprint density at radius 2 is 1.62 bits per heavy atom. The second kappa shape index (κ2) is 4.09. The van der Waals surface area contributed by atoms with Gasteiger partial charge in [0, 0.05) is 28.3 Å². The van der Waals surface area contributed by atoms with Crippen molar-refractivity contribution in [1.29, 1.82) is 0 Å². The van der Waals surface area contributed by atoms with Crippen molar-refractivity contribution < 1.29 is 4.21 Å². The van der Waals surface area contributed by atoms with E-state index in [4.69, 9.17) is 0 Å². The molecule has 1 aliphatic heterocycles. The maximum absolute atomic E-state index is 11.2. The molecule has 1 saturated carbocycles. The van der Waals surface area contributed by atoms with Crippen molar-refractivity contribution in [2.75, 3.05) is 18.1 Å². The topological polar surface area (TPSA) is 29.1 Å². The molecule has 1 N–H and O–H groups in total. The Labute approximate surface area is 102 Å². The molecular formula is C13H25NOS. The summed E-state index contributed by atoms with van der Waals surface area (Å²) < 4.78 is 11.2. The van der Waals surface area contributed by atoms with Crippen LogP contribution in [0.4, 0.5) is 0 Å². The van der Waals surface area contributed by atoms with E-state index in [1.165, 1.54) is 0 Å². The lowest BCUT2D eigenvalue weighted by atomic mass is 10.0. The predicted molar refractivity (Wildman–Crippen MR) is 70.0 cm³/mol. The van der Waals surface area contributed by atoms with Crippen LogP contribution in [0.15, 0.2) is 0 Å². The Kier molecular flexibility index (Phi) is 3.21. The van der Waals surface area contributed by atoms with Gasteiger partial charge in [0.25, 0.3) is 0 Å². The van der Waals surface area contributed by atoms with Crippen LogP contribution in [0, 0.1) is 16.7 Å². The quantitative estimate of drug-likeness (QED) is 0.823. The van der Waals surface area contributed by atoms with Crippen LogP contribution in [-0.4, -0.2) is 28.3 Å². The van der Waals surface area contributed by atoms with Crippen LogP contribution >= 0.6 is 0 Å². The molecule has 0 radical (unpaired) electrons. The van der Waals surface area contributed by atoms with Crippen molar-refractivity contribution in [2.24, 2.45) is 16.7 Å². The molecule has 0 amide bonds. The predicted octanol–water partition coefficient (Wildman–Crippen LogP) is 2.17. The summed E-state index contributed by atoms with van der Waals surface area (Å²) >= 11 is 0. The van der Waals surface area contributed by atoms with Gasteiger partial charge in [-0.05, 0) is 36.1 Å². The summed E-state index contributed by atoms with van der Waals surface area (Å²) in [5, 5.41) is 3.68. The van der Waals surface area contributed by atoms with E-state index in [9.17, 15) is 4.21 Å². The standard InChI is InChI=1S/C13H25NOS/c1-12(2)11(13(12,3)4)9-14-10-5-7-16(15)8-6-10/h10-11,14H,5-9H2,1-4H3. The summed E-state index contributed by atoms with van der Waals surface area (Å²) in [6.45, 7) is 10.6. The van der Waals surface area contributed by atoms with E-state index in [1.807, 2.05) is 0 Å². The lowest BCUT2D eigenvalue weighted by Gasteiger charge is -2.23. The summed E-state index contributed by atoms with van der Waals surface area (Å²) in [5.74, 6) is 2.59. The smallest absolute Gasteiger partial charge is 0.0249 e. The Bertz CT molecular complexity index is 274. The van der Waals surface area contributed by atoms with Crippen LogP contribution < -0.4 is 5.32 Å². The molecule has 2 fully saturated rings. The molecule has 0 aromatic carbocycles. The molecule has 0 atom stereocenters. The van der Waals surface area contributed by atoms with Crippen LogP contribution in [-0.2, 0) is 10.8 Å². The molecule has 1 saturated heterocycles. The van der Waals surface area contributed by atoms with Gasteiger partial charge >= 0.3 is 0 Å². The fourth-order valence-electron chi connectivity index (χ4n) is 3.13. The fraction of sp³-hybridized carbons (Fsp3) is 1.00. The molecule has 0 bridgehead atoms. The number of rotatable bonds is 3. The molecule has 2 nitrogen and oxygen atoms in total. The van der Waals surface area contributed by atoms with Crippen molar-refractivity contribution in [3.05, 3.63) is 0 Å². The van der Waals surface area contributed by atoms with E-state index in [2.05, 4.69) is 33.0 Å². The van der Waals surface area contributed by atoms with Crippen molar-refractivity contribution in [3.8, 4) is 0 Å². The summed E-state index contributed by atoms with van der Waals surface area (Å²) in [6.07, 6.45) is 2.19. The third-order valence-corrected chi connectivity index (χ3v) is 6.70. The third kappa shape index (κ3) is 2.08. The average molecular weight is 243 g/mol. The highest BCUT2D eigenvalue weighted by Crippen LogP contribution is 2.67. The SMILES string of the molecule is CC1(C)C(CNC2CCS(=O)CC2)C1(C)C. The maximum atomic E-state index is 11.2. The van der Waals surface area contributed by atoms with Gasteiger partial charge in [-0.25, -0.2) is 0 Å². The molecule has 3 heteroatoms. The molecule has 2 aliphatic rings. The van der Waals surface area contributed by atoms with Gasteiger partial charge in [0.15, 0.2) is 0 Å². The lowest BCUT2D eigenvalue weighted by molar-refractivity contribution is 0.435. The van der Waals surface area contributed by atoms with Crippen molar-refractivity contribution >= 4 is 10.8 Å². The number of hydrogen-bond acceptors (Lipinski definition) is 2. The Hall–Kier alpha value is 0.110. The highest BCUT2D eigenvalue weighted by Gasteiger charge is 2.63. The monoisotopic (exact) mass is 243 g/mol. The first-order valence-electron chi connectivity index (χ1n) is 6.44. The second-order valence-electron chi connectivity index (χ2n) is 6.53. The molecule has 2 rings (SSSR count). The molecule has 0 aromatic heterocycles. The van der Waals surface area contributed by atoms with E-state index in [0.717, 1.165) is 36.8 Å². The van der Waals surface area contributed by atoms with E-state index in [-0.39, 0.29) is 0 Å². The first-order chi connectivity index (χ1) is 7.35. The van der Waals surface area contributed by atoms with Gasteiger partial charge in [0.2, 0.25) is 0 Å². The number of hydrogen-bond donors (Lipinski definition) is 1. The summed E-state index contributed by atoms with van der Waals surface area (Å²) in [6, 6.07) is 0.616. The van der Waals surface area contributed by atoms with Crippen molar-refractivity contribution in [2.45, 2.75) is 46.6 Å². The second-order valence-corrected chi connectivity index (χ2v) is 8.22. The average Bonchev–Trinajstić information content (AvgIpc) is 2.58. The molecule has 1 aliphatic carbocycles. The minimum absolute atomic E-state index is 0.484. The van der Waals surface area contributed by atoms with Crippen LogP contribution in [0.5, 0.6) is 0 Å². The maximum Gasteiger partial charge on any atom is 0.0249 e. The Morgan fingerprint density at radius 1 is 1.12 bits per heavy atom. The first-order valence-corrected chi connectivity index (χ1v) is 7.93. The minimum Gasteiger partial charge on any atom is -0.314 e. The lowest BCUT2D eigenvalue weighted by Crippen LogP contribution is -2.37. The third-order valence-electron chi connectivity index (χ3n) is 5.32. The largest absolute Gasteiger partial charge is 0.314 e. The summed E-state index contributed by atoms with van der Waals surface area (Å²) in [4.78, 5) is 0. The zero-order valence-electron chi connectivity index (χ0n) is 11.0. The Balaban J connectivity index is 1.75. The van der Waals surface area contributed by atoms with Gasteiger partial charge in [-0.1, -0.05) is 27.7 Å². The molecule has 16 heavy (non-hydrogen) atoms.